The summed E-state index contributed by atoms with van der Waals surface area (Å²) >= 11 is 0. The fourth-order valence-electron chi connectivity index (χ4n) is 0.867. The van der Waals surface area contributed by atoms with E-state index in [1.807, 2.05) is 25.1 Å². The van der Waals surface area contributed by atoms with Gasteiger partial charge in [-0.25, -0.2) is 0 Å². The van der Waals surface area contributed by atoms with Gasteiger partial charge in [0.25, 0.3) is 0 Å². The number of hydrogen-bond acceptors (Lipinski definition) is 2. The topological polar surface area (TPSA) is 47.6 Å². The second-order valence-corrected chi connectivity index (χ2v) is 2.44. The molecule has 0 atom stereocenters. The molecule has 0 fully saturated rings. The molecule has 0 saturated carbocycles. The lowest BCUT2D eigenvalue weighted by Crippen LogP contribution is -1.80. The number of nitriles is 1. The van der Waals surface area contributed by atoms with Crippen molar-refractivity contribution in [3.8, 4) is 6.07 Å². The van der Waals surface area contributed by atoms with E-state index < -0.39 is 0 Å². The van der Waals surface area contributed by atoms with Crippen LogP contribution < -0.4 is 0 Å². The molecule has 1 aromatic rings. The molecule has 0 aliphatic heterocycles. The van der Waals surface area contributed by atoms with E-state index >= 15 is 0 Å². The molecule has 2 nitrogen and oxygen atoms in total. The van der Waals surface area contributed by atoms with Crippen molar-refractivity contribution in [2.45, 2.75) is 6.92 Å². The molecular weight excluding hydrogens is 148 g/mol. The van der Waals surface area contributed by atoms with Crippen LogP contribution in [0.3, 0.4) is 0 Å². The fraction of sp³-hybridized carbons (Fsp3) is 0.100. The van der Waals surface area contributed by atoms with Crippen molar-refractivity contribution in [1.29, 1.82) is 10.7 Å². The zero-order valence-corrected chi connectivity index (χ0v) is 6.76. The summed E-state index contributed by atoms with van der Waals surface area (Å²) in [4.78, 5) is 0. The minimum atomic E-state index is 0.636. The van der Waals surface area contributed by atoms with Crippen molar-refractivity contribution in [1.82, 2.24) is 0 Å². The third-order valence-electron chi connectivity index (χ3n) is 1.63. The van der Waals surface area contributed by atoms with E-state index in [4.69, 9.17) is 10.7 Å². The number of hydrogen-bond donors (Lipinski definition) is 1. The molecule has 12 heavy (non-hydrogen) atoms. The summed E-state index contributed by atoms with van der Waals surface area (Å²) in [6.45, 7) is 1.81. The van der Waals surface area contributed by atoms with Gasteiger partial charge < -0.3 is 0 Å². The average molecular weight is 156 g/mol. The maximum atomic E-state index is 8.51. The third-order valence-corrected chi connectivity index (χ3v) is 1.63. The Hall–Kier alpha value is -1.84. The van der Waals surface area contributed by atoms with E-state index in [1.54, 1.807) is 12.1 Å². The number of allylic oxidation sites excluding steroid dienone is 1. The Morgan fingerprint density at radius 2 is 1.92 bits per heavy atom. The molecule has 0 aliphatic carbocycles. The first-order valence-corrected chi connectivity index (χ1v) is 3.54. The summed E-state index contributed by atoms with van der Waals surface area (Å²) in [6.07, 6.45) is 0. The normalized spacial score (nSPS) is 8.33. The smallest absolute Gasteiger partial charge is 0.0991 e. The van der Waals surface area contributed by atoms with Crippen molar-refractivity contribution >= 4 is 11.4 Å². The molecule has 1 rings (SSSR count). The number of nitrogens with one attached hydrogen (secondary N) is 1. The van der Waals surface area contributed by atoms with Crippen LogP contribution in [0.4, 0.5) is 0 Å². The molecule has 0 spiro atoms. The van der Waals surface area contributed by atoms with Gasteiger partial charge in [0.1, 0.15) is 0 Å². The van der Waals surface area contributed by atoms with Gasteiger partial charge in [-0.1, -0.05) is 12.1 Å². The minimum Gasteiger partial charge on any atom is -0.258 e. The molecule has 0 aromatic heterocycles. The van der Waals surface area contributed by atoms with Gasteiger partial charge >= 0.3 is 0 Å². The van der Waals surface area contributed by atoms with Crippen LogP contribution in [-0.4, -0.2) is 5.87 Å². The van der Waals surface area contributed by atoms with Gasteiger partial charge in [-0.15, -0.1) is 0 Å². The van der Waals surface area contributed by atoms with Crippen LogP contribution in [0.1, 0.15) is 18.1 Å². The average Bonchev–Trinajstić information content (AvgIpc) is 2.17. The summed E-state index contributed by atoms with van der Waals surface area (Å²) < 4.78 is 0. The van der Waals surface area contributed by atoms with E-state index in [2.05, 4.69) is 5.87 Å². The van der Waals surface area contributed by atoms with Crippen LogP contribution in [0.15, 0.2) is 24.3 Å². The lowest BCUT2D eigenvalue weighted by Gasteiger charge is -1.96. The zero-order valence-electron chi connectivity index (χ0n) is 6.76. The lowest BCUT2D eigenvalue weighted by atomic mass is 10.1. The van der Waals surface area contributed by atoms with Crippen LogP contribution in [0.5, 0.6) is 0 Å². The molecule has 0 aliphatic rings. The largest absolute Gasteiger partial charge is 0.258 e. The number of nitrogens with zero attached hydrogens (tertiary/aromatic N) is 1. The molecule has 0 radical (unpaired) electrons. The van der Waals surface area contributed by atoms with Crippen LogP contribution in [0.25, 0.3) is 5.57 Å². The number of rotatable bonds is 1. The van der Waals surface area contributed by atoms with E-state index in [1.165, 1.54) is 0 Å². The zero-order chi connectivity index (χ0) is 8.97. The molecule has 0 bridgehead atoms. The second kappa shape index (κ2) is 3.52. The first-order chi connectivity index (χ1) is 5.77. The molecule has 58 valence electrons. The highest BCUT2D eigenvalue weighted by Crippen LogP contribution is 2.10. The molecule has 0 heterocycles. The highest BCUT2D eigenvalue weighted by Gasteiger charge is 1.94. The maximum absolute atomic E-state index is 8.51. The first kappa shape index (κ1) is 8.26. The quantitative estimate of drug-likeness (QED) is 0.622. The van der Waals surface area contributed by atoms with Crippen LogP contribution in [-0.2, 0) is 0 Å². The highest BCUT2D eigenvalue weighted by atomic mass is 14.3. The monoisotopic (exact) mass is 156 g/mol. The predicted molar refractivity (Wildman–Crippen MR) is 48.0 cm³/mol. The standard InChI is InChI=1S/C10H8N2/c1-8(6-11)10-4-2-9(7-12)3-5-10/h2-5,11H,1H3. The Morgan fingerprint density at radius 1 is 1.33 bits per heavy atom. The third kappa shape index (κ3) is 1.60. The van der Waals surface area contributed by atoms with Crippen molar-refractivity contribution in [3.05, 3.63) is 35.4 Å². The SMILES string of the molecule is CC(=C=N)c1ccc(C#N)cc1. The maximum Gasteiger partial charge on any atom is 0.0991 e. The Bertz CT molecular complexity index is 362. The van der Waals surface area contributed by atoms with Crippen molar-refractivity contribution in [2.75, 3.05) is 0 Å². The molecule has 1 N–H and O–H groups in total. The Kier molecular flexibility index (Phi) is 2.42. The fourth-order valence-corrected chi connectivity index (χ4v) is 0.867. The van der Waals surface area contributed by atoms with Gasteiger partial charge in [-0.2, -0.15) is 5.26 Å². The summed E-state index contributed by atoms with van der Waals surface area (Å²) in [7, 11) is 0. The van der Waals surface area contributed by atoms with Crippen LogP contribution in [0.2, 0.25) is 0 Å². The lowest BCUT2D eigenvalue weighted by molar-refractivity contribution is 1.47. The van der Waals surface area contributed by atoms with Gasteiger partial charge in [-0.3, -0.25) is 5.41 Å². The van der Waals surface area contributed by atoms with Gasteiger partial charge in [-0.05, 0) is 30.5 Å². The van der Waals surface area contributed by atoms with Gasteiger partial charge in [0.2, 0.25) is 0 Å². The summed E-state index contributed by atoms with van der Waals surface area (Å²) in [5.41, 5.74) is 2.35. The van der Waals surface area contributed by atoms with Gasteiger partial charge in [0.05, 0.1) is 11.6 Å². The molecule has 2 heteroatoms. The van der Waals surface area contributed by atoms with Crippen molar-refractivity contribution < 1.29 is 0 Å². The molecule has 1 aromatic carbocycles. The van der Waals surface area contributed by atoms with E-state index in [-0.39, 0.29) is 0 Å². The summed E-state index contributed by atoms with van der Waals surface area (Å²) in [5.74, 6) is 2.30. The molecule has 0 amide bonds. The summed E-state index contributed by atoms with van der Waals surface area (Å²) in [6, 6.07) is 9.13. The van der Waals surface area contributed by atoms with E-state index in [0.717, 1.165) is 11.1 Å². The molecule has 0 saturated heterocycles. The van der Waals surface area contributed by atoms with Crippen LogP contribution >= 0.6 is 0 Å². The van der Waals surface area contributed by atoms with E-state index in [0.29, 0.717) is 5.56 Å². The minimum absolute atomic E-state index is 0.636. The molecule has 0 unspecified atom stereocenters. The van der Waals surface area contributed by atoms with Gasteiger partial charge in [0, 0.05) is 5.57 Å². The van der Waals surface area contributed by atoms with Crippen LogP contribution in [0, 0.1) is 16.7 Å². The predicted octanol–water partition coefficient (Wildman–Crippen LogP) is 2.21. The highest BCUT2D eigenvalue weighted by molar-refractivity contribution is 5.87. The van der Waals surface area contributed by atoms with E-state index in [9.17, 15) is 0 Å². The van der Waals surface area contributed by atoms with Gasteiger partial charge in [0.15, 0.2) is 0 Å². The van der Waals surface area contributed by atoms with Crippen molar-refractivity contribution in [3.63, 3.8) is 0 Å². The summed E-state index contributed by atoms with van der Waals surface area (Å²) in [5, 5.41) is 15.4. The Balaban J connectivity index is 3.10. The first-order valence-electron chi connectivity index (χ1n) is 3.54. The Labute approximate surface area is 71.3 Å². The Morgan fingerprint density at radius 3 is 2.33 bits per heavy atom. The second-order valence-electron chi connectivity index (χ2n) is 2.44. The molecular formula is C10H8N2. The number of benzene rings is 1. The van der Waals surface area contributed by atoms with Crippen molar-refractivity contribution in [2.24, 2.45) is 0 Å².